The largest absolute Gasteiger partial charge is 0.479 e. The smallest absolute Gasteiger partial charge is 0.416 e. The first kappa shape index (κ1) is 19.6. The van der Waals surface area contributed by atoms with Gasteiger partial charge in [0, 0.05) is 31.9 Å². The number of aromatic nitrogens is 2. The molecule has 0 unspecified atom stereocenters. The molecule has 2 aromatic rings. The predicted molar refractivity (Wildman–Crippen MR) is 100 cm³/mol. The lowest BCUT2D eigenvalue weighted by Crippen LogP contribution is -2.30. The summed E-state index contributed by atoms with van der Waals surface area (Å²) in [6.07, 6.45) is 0.879. The normalized spacial score (nSPS) is 15.4. The zero-order valence-corrected chi connectivity index (χ0v) is 15.4. The number of H-pyrrole nitrogens is 1. The number of hydrogen-bond acceptors (Lipinski definition) is 4. The van der Waals surface area contributed by atoms with Gasteiger partial charge in [0.1, 0.15) is 0 Å². The lowest BCUT2D eigenvalue weighted by molar-refractivity contribution is -0.137. The first-order chi connectivity index (χ1) is 12.9. The quantitative estimate of drug-likeness (QED) is 0.568. The molecule has 3 rings (SSSR count). The number of ether oxygens (including phenoxy) is 1. The molecule has 1 aliphatic rings. The summed E-state index contributed by atoms with van der Waals surface area (Å²) >= 11 is 4.94. The van der Waals surface area contributed by atoms with E-state index in [1.807, 2.05) is 6.08 Å². The Kier molecular flexibility index (Phi) is 6.28. The zero-order chi connectivity index (χ0) is 19.3. The van der Waals surface area contributed by atoms with Crippen molar-refractivity contribution in [2.45, 2.75) is 19.0 Å². The van der Waals surface area contributed by atoms with Crippen LogP contribution in [0.25, 0.3) is 5.57 Å². The number of aromatic amines is 1. The average Bonchev–Trinajstić information content (AvgIpc) is 2.65. The van der Waals surface area contributed by atoms with Crippen LogP contribution in [0.2, 0.25) is 0 Å². The van der Waals surface area contributed by atoms with Crippen LogP contribution in [-0.4, -0.2) is 41.1 Å². The van der Waals surface area contributed by atoms with Gasteiger partial charge >= 0.3 is 6.18 Å². The Bertz CT molecular complexity index is 864. The molecular weight excluding hydrogens is 375 g/mol. The second kappa shape index (κ2) is 8.67. The van der Waals surface area contributed by atoms with Gasteiger partial charge in [-0.3, -0.25) is 4.90 Å². The molecule has 4 nitrogen and oxygen atoms in total. The highest BCUT2D eigenvalue weighted by Crippen LogP contribution is 2.32. The van der Waals surface area contributed by atoms with Gasteiger partial charge in [-0.25, -0.2) is 4.98 Å². The Balaban J connectivity index is 1.48. The third-order valence-corrected chi connectivity index (χ3v) is 4.59. The van der Waals surface area contributed by atoms with Gasteiger partial charge in [0.05, 0.1) is 12.2 Å². The summed E-state index contributed by atoms with van der Waals surface area (Å²) in [5, 5.41) is 0. The Labute approximate surface area is 160 Å². The molecule has 8 heteroatoms. The standard InChI is InChI=1S/C19H20F3N3OS/c20-19(21,22)16-4-1-3-15(13-16)14-6-10-25(11-7-14)9-2-12-26-17-5-8-23-18(27)24-17/h1,3-6,8,13H,2,7,9-12H2,(H,23,24,27). The number of nitrogens with one attached hydrogen (secondary N) is 1. The maximum absolute atomic E-state index is 12.9. The first-order valence-electron chi connectivity index (χ1n) is 8.69. The van der Waals surface area contributed by atoms with Crippen molar-refractivity contribution in [3.05, 3.63) is 58.5 Å². The molecule has 0 atom stereocenters. The minimum absolute atomic E-state index is 0.385. The third kappa shape index (κ3) is 5.64. The van der Waals surface area contributed by atoms with Gasteiger partial charge in [0.15, 0.2) is 10.7 Å². The van der Waals surface area contributed by atoms with Gasteiger partial charge in [0.2, 0.25) is 0 Å². The molecule has 1 N–H and O–H groups in total. The summed E-state index contributed by atoms with van der Waals surface area (Å²) < 4.78 is 44.6. The molecule has 144 valence electrons. The van der Waals surface area contributed by atoms with Crippen LogP contribution >= 0.6 is 12.2 Å². The van der Waals surface area contributed by atoms with Crippen LogP contribution < -0.4 is 4.74 Å². The van der Waals surface area contributed by atoms with Crippen molar-refractivity contribution in [1.82, 2.24) is 14.9 Å². The van der Waals surface area contributed by atoms with E-state index >= 15 is 0 Å². The van der Waals surface area contributed by atoms with Crippen molar-refractivity contribution in [2.75, 3.05) is 26.2 Å². The van der Waals surface area contributed by atoms with Crippen molar-refractivity contribution in [3.63, 3.8) is 0 Å². The van der Waals surface area contributed by atoms with E-state index in [0.29, 0.717) is 22.8 Å². The minimum atomic E-state index is -4.31. The molecule has 1 aromatic heterocycles. The summed E-state index contributed by atoms with van der Waals surface area (Å²) in [5.41, 5.74) is 1.02. The molecular formula is C19H20F3N3OS. The Morgan fingerprint density at radius 1 is 1.26 bits per heavy atom. The Morgan fingerprint density at radius 3 is 2.81 bits per heavy atom. The van der Waals surface area contributed by atoms with Crippen LogP contribution in [0.15, 0.2) is 42.6 Å². The highest BCUT2D eigenvalue weighted by atomic mass is 32.1. The number of nitrogens with zero attached hydrogens (tertiary/aromatic N) is 2. The number of rotatable bonds is 6. The van der Waals surface area contributed by atoms with Gasteiger partial charge < -0.3 is 9.72 Å². The molecule has 0 saturated carbocycles. The van der Waals surface area contributed by atoms with E-state index in [0.717, 1.165) is 44.1 Å². The van der Waals surface area contributed by atoms with Crippen LogP contribution in [0.4, 0.5) is 13.2 Å². The summed E-state index contributed by atoms with van der Waals surface area (Å²) in [6.45, 7) is 2.96. The van der Waals surface area contributed by atoms with E-state index in [9.17, 15) is 13.2 Å². The molecule has 0 amide bonds. The number of hydrogen-bond donors (Lipinski definition) is 1. The molecule has 1 aliphatic heterocycles. The van der Waals surface area contributed by atoms with E-state index < -0.39 is 11.7 Å². The lowest BCUT2D eigenvalue weighted by atomic mass is 9.97. The van der Waals surface area contributed by atoms with E-state index in [1.165, 1.54) is 12.1 Å². The molecule has 27 heavy (non-hydrogen) atoms. The van der Waals surface area contributed by atoms with Crippen molar-refractivity contribution >= 4 is 17.8 Å². The summed E-state index contributed by atoms with van der Waals surface area (Å²) in [4.78, 5) is 9.02. The van der Waals surface area contributed by atoms with Crippen LogP contribution in [0, 0.1) is 4.77 Å². The fourth-order valence-electron chi connectivity index (χ4n) is 2.98. The van der Waals surface area contributed by atoms with Gasteiger partial charge in [-0.15, -0.1) is 0 Å². The van der Waals surface area contributed by atoms with Crippen molar-refractivity contribution in [2.24, 2.45) is 0 Å². The van der Waals surface area contributed by atoms with Crippen molar-refractivity contribution in [3.8, 4) is 5.88 Å². The van der Waals surface area contributed by atoms with Gasteiger partial charge in [-0.2, -0.15) is 13.2 Å². The number of benzene rings is 1. The van der Waals surface area contributed by atoms with Crippen LogP contribution in [0.1, 0.15) is 24.0 Å². The van der Waals surface area contributed by atoms with E-state index in [-0.39, 0.29) is 0 Å². The third-order valence-electron chi connectivity index (χ3n) is 4.38. The maximum atomic E-state index is 12.9. The average molecular weight is 395 g/mol. The maximum Gasteiger partial charge on any atom is 0.416 e. The molecule has 0 spiro atoms. The summed E-state index contributed by atoms with van der Waals surface area (Å²) in [7, 11) is 0. The highest BCUT2D eigenvalue weighted by molar-refractivity contribution is 7.71. The molecule has 1 aromatic carbocycles. The van der Waals surface area contributed by atoms with Gasteiger partial charge in [-0.1, -0.05) is 18.2 Å². The van der Waals surface area contributed by atoms with Crippen LogP contribution in [-0.2, 0) is 6.18 Å². The Morgan fingerprint density at radius 2 is 2.11 bits per heavy atom. The monoisotopic (exact) mass is 395 g/mol. The van der Waals surface area contributed by atoms with Crippen molar-refractivity contribution in [1.29, 1.82) is 0 Å². The summed E-state index contributed by atoms with van der Waals surface area (Å²) in [5.74, 6) is 0.598. The minimum Gasteiger partial charge on any atom is -0.479 e. The van der Waals surface area contributed by atoms with E-state index in [4.69, 9.17) is 17.0 Å². The second-order valence-corrected chi connectivity index (χ2v) is 6.69. The molecule has 0 aliphatic carbocycles. The molecule has 0 saturated heterocycles. The zero-order valence-electron chi connectivity index (χ0n) is 14.6. The van der Waals surface area contributed by atoms with E-state index in [2.05, 4.69) is 14.9 Å². The SMILES string of the molecule is FC(F)(F)c1cccc(C2=CCN(CCCOc3ccnc(=S)[nH]3)CC2)c1. The topological polar surface area (TPSA) is 41.1 Å². The number of alkyl halides is 3. The van der Waals surface area contributed by atoms with Crippen LogP contribution in [0.5, 0.6) is 5.88 Å². The number of halogens is 3. The molecule has 2 heterocycles. The second-order valence-electron chi connectivity index (χ2n) is 6.30. The van der Waals surface area contributed by atoms with Crippen LogP contribution in [0.3, 0.4) is 0 Å². The van der Waals surface area contributed by atoms with Gasteiger partial charge in [-0.05, 0) is 48.3 Å². The molecule has 0 fully saturated rings. The van der Waals surface area contributed by atoms with Crippen molar-refractivity contribution < 1.29 is 17.9 Å². The fraction of sp³-hybridized carbons (Fsp3) is 0.368. The predicted octanol–water partition coefficient (Wildman–Crippen LogP) is 4.72. The fourth-order valence-corrected chi connectivity index (χ4v) is 3.14. The van der Waals surface area contributed by atoms with E-state index in [1.54, 1.807) is 18.3 Å². The Hall–Kier alpha value is -2.19. The molecule has 0 radical (unpaired) electrons. The summed E-state index contributed by atoms with van der Waals surface area (Å²) in [6, 6.07) is 7.26. The lowest BCUT2D eigenvalue weighted by Gasteiger charge is -2.26. The molecule has 0 bridgehead atoms. The highest BCUT2D eigenvalue weighted by Gasteiger charge is 2.30. The van der Waals surface area contributed by atoms with Gasteiger partial charge in [0.25, 0.3) is 0 Å². The first-order valence-corrected chi connectivity index (χ1v) is 9.10.